The molecule has 16 heteroatoms. The van der Waals surface area contributed by atoms with Gasteiger partial charge in [-0.05, 0) is 306 Å². The summed E-state index contributed by atoms with van der Waals surface area (Å²) in [5, 5.41) is 14.4. The zero-order valence-electron chi connectivity index (χ0n) is 75.1. The van der Waals surface area contributed by atoms with Gasteiger partial charge in [-0.25, -0.2) is 19.9 Å². The van der Waals surface area contributed by atoms with Crippen LogP contribution in [0.2, 0.25) is 0 Å². The van der Waals surface area contributed by atoms with Crippen molar-refractivity contribution in [2.24, 2.45) is 0 Å². The van der Waals surface area contributed by atoms with Crippen LogP contribution in [-0.4, -0.2) is 77.4 Å². The highest BCUT2D eigenvalue weighted by Crippen LogP contribution is 2.57. The van der Waals surface area contributed by atoms with Gasteiger partial charge in [0.1, 0.15) is 22.6 Å². The van der Waals surface area contributed by atoms with Gasteiger partial charge in [0, 0.05) is 117 Å². The van der Waals surface area contributed by atoms with Crippen molar-refractivity contribution >= 4 is 153 Å². The molecular formula is C124H72N16. The van der Waals surface area contributed by atoms with E-state index in [2.05, 4.69) is 276 Å². The van der Waals surface area contributed by atoms with E-state index in [-0.39, 0.29) is 0 Å². The lowest BCUT2D eigenvalue weighted by atomic mass is 9.92. The first-order valence-corrected chi connectivity index (χ1v) is 48.1. The second-order valence-electron chi connectivity index (χ2n) is 38.8. The molecule has 0 bridgehead atoms. The zero-order chi connectivity index (χ0) is 90.7. The Hall–Kier alpha value is -18.3. The van der Waals surface area contributed by atoms with Crippen LogP contribution in [0.5, 0.6) is 0 Å². The Morgan fingerprint density at radius 1 is 0.164 bits per heavy atom. The summed E-state index contributed by atoms with van der Waals surface area (Å²) < 4.78 is 9.07. The Labute approximate surface area is 796 Å². The number of rotatable bonds is 0. The highest BCUT2D eigenvalue weighted by atomic mass is 15.1. The topological polar surface area (TPSA) is 172 Å². The minimum atomic E-state index is 0.917. The lowest BCUT2D eigenvalue weighted by Crippen LogP contribution is -1.96. The highest BCUT2D eigenvalue weighted by Gasteiger charge is 2.37. The van der Waals surface area contributed by atoms with Gasteiger partial charge in [0.05, 0.1) is 91.0 Å². The largest absolute Gasteiger partial charge is 0.290 e. The third kappa shape index (κ3) is 10.1. The smallest absolute Gasteiger partial charge is 0.146 e. The standard InChI is InChI=1S/4C31H18N4/c1-2-4-20-17(3-1)11-18-12-19-13-25-21(24(19)14-23(18)20)5-6-22-26-15-32-10-8-28(26)35-29-16-33-9-7-27(29)34-31(35)30(22)25;1-2-4-19-17(3-1)13-23-20(19)6-5-18-14-24-21(29(18)23)7-8-22-25-15-32-12-10-27(25)35-28-16-33-11-9-26(28)34-31(35)30(22)24;1-2-4-20-17(3-1)13-18-5-6-19-14-23-21(29(19)28(18)20)7-8-22-24-15-32-12-10-26(24)35-27-16-33-11-9-25(27)34-31(35)30(22)23;1-2-4-18-17(3-1)13-23-19(18)5-6-20-21-7-8-22-26-15-32-12-10-28(26)35-29-16-33-11-9-27(29)34-31(35)30(22)25(21)14-24(20)23/h1-10,12,14-16H,11,13H2;3*1-12,15-16H,13-14H2. The van der Waals surface area contributed by atoms with Gasteiger partial charge >= 0.3 is 0 Å². The number of hydrogen-bond acceptors (Lipinski definition) is 12. The van der Waals surface area contributed by atoms with Crippen LogP contribution in [-0.2, 0) is 51.4 Å². The summed E-state index contributed by atoms with van der Waals surface area (Å²) in [6.45, 7) is 0. The van der Waals surface area contributed by atoms with Crippen molar-refractivity contribution in [2.75, 3.05) is 0 Å². The summed E-state index contributed by atoms with van der Waals surface area (Å²) in [7, 11) is 0. The molecule has 140 heavy (non-hydrogen) atoms. The Balaban J connectivity index is 0.0000000829. The zero-order valence-corrected chi connectivity index (χ0v) is 75.1. The number of aromatic nitrogens is 16. The lowest BCUT2D eigenvalue weighted by Gasteiger charge is -2.13. The number of fused-ring (bicyclic) bond motifs is 63. The third-order valence-corrected chi connectivity index (χ3v) is 32.1. The van der Waals surface area contributed by atoms with Crippen LogP contribution in [0.3, 0.4) is 0 Å². The van der Waals surface area contributed by atoms with E-state index in [0.717, 1.165) is 162 Å². The normalized spacial score (nSPS) is 13.5. The summed E-state index contributed by atoms with van der Waals surface area (Å²) in [5.74, 6) is 0. The van der Waals surface area contributed by atoms with Crippen molar-refractivity contribution in [1.29, 1.82) is 0 Å². The molecule has 36 rings (SSSR count). The molecule has 0 N–H and O–H groups in total. The molecule has 0 radical (unpaired) electrons. The van der Waals surface area contributed by atoms with Gasteiger partial charge in [0.2, 0.25) is 0 Å². The fourth-order valence-corrected chi connectivity index (χ4v) is 26.3. The molecule has 0 saturated heterocycles. The van der Waals surface area contributed by atoms with Gasteiger partial charge in [-0.2, -0.15) is 0 Å². The molecule has 0 amide bonds. The van der Waals surface area contributed by atoms with Crippen LogP contribution in [0.1, 0.15) is 89.0 Å². The van der Waals surface area contributed by atoms with Gasteiger partial charge in [0.25, 0.3) is 0 Å². The van der Waals surface area contributed by atoms with Crippen LogP contribution in [0.25, 0.3) is 242 Å². The van der Waals surface area contributed by atoms with Crippen LogP contribution in [0.15, 0.2) is 342 Å². The number of benzene rings is 12. The van der Waals surface area contributed by atoms with Gasteiger partial charge in [-0.3, -0.25) is 57.5 Å². The van der Waals surface area contributed by atoms with E-state index >= 15 is 0 Å². The average Bonchev–Trinajstić information content (AvgIpc) is 1.55. The first-order valence-electron chi connectivity index (χ1n) is 48.1. The maximum Gasteiger partial charge on any atom is 0.146 e. The first kappa shape index (κ1) is 75.1. The fraction of sp³-hybridized carbons (Fsp3) is 0.0645. The molecule has 12 aromatic carbocycles. The summed E-state index contributed by atoms with van der Waals surface area (Å²) >= 11 is 0. The molecule has 16 nitrogen and oxygen atoms in total. The summed E-state index contributed by atoms with van der Waals surface area (Å²) in [6.07, 6.45) is 38.1. The molecule has 0 spiro atoms. The summed E-state index contributed by atoms with van der Waals surface area (Å²) in [6, 6.07) is 89.0. The molecule has 8 aliphatic rings. The summed E-state index contributed by atoms with van der Waals surface area (Å²) in [5.41, 5.74) is 61.3. The van der Waals surface area contributed by atoms with E-state index in [1.165, 1.54) is 221 Å². The van der Waals surface area contributed by atoms with E-state index < -0.39 is 0 Å². The molecule has 16 heterocycles. The second-order valence-corrected chi connectivity index (χ2v) is 38.8. The van der Waals surface area contributed by atoms with E-state index in [9.17, 15) is 0 Å². The molecule has 0 saturated carbocycles. The quantitative estimate of drug-likeness (QED) is 0.132. The predicted octanol–water partition coefficient (Wildman–Crippen LogP) is 26.9. The van der Waals surface area contributed by atoms with Crippen molar-refractivity contribution < 1.29 is 0 Å². The molecule has 648 valence electrons. The molecule has 28 aromatic rings. The van der Waals surface area contributed by atoms with Gasteiger partial charge in [-0.15, -0.1) is 0 Å². The Bertz CT molecular complexity index is 10700. The van der Waals surface area contributed by atoms with Crippen molar-refractivity contribution in [3.05, 3.63) is 431 Å². The van der Waals surface area contributed by atoms with Crippen LogP contribution in [0, 0.1) is 0 Å². The lowest BCUT2D eigenvalue weighted by molar-refractivity contribution is 1.17. The summed E-state index contributed by atoms with van der Waals surface area (Å²) in [4.78, 5) is 56.1. The van der Waals surface area contributed by atoms with Gasteiger partial charge < -0.3 is 0 Å². The van der Waals surface area contributed by atoms with E-state index in [1.54, 1.807) is 0 Å². The van der Waals surface area contributed by atoms with E-state index in [1.807, 2.05) is 123 Å². The average molecular weight is 1790 g/mol. The molecule has 16 aromatic heterocycles. The van der Waals surface area contributed by atoms with Gasteiger partial charge in [0.15, 0.2) is 0 Å². The number of hydrogen-bond donors (Lipinski definition) is 0. The maximum absolute atomic E-state index is 5.14. The fourth-order valence-electron chi connectivity index (χ4n) is 26.3. The Morgan fingerprint density at radius 3 is 0.921 bits per heavy atom. The molecule has 0 atom stereocenters. The Morgan fingerprint density at radius 2 is 0.443 bits per heavy atom. The molecular weight excluding hydrogens is 1710 g/mol. The van der Waals surface area contributed by atoms with Crippen molar-refractivity contribution in [1.82, 2.24) is 77.4 Å². The van der Waals surface area contributed by atoms with Crippen LogP contribution in [0.4, 0.5) is 0 Å². The van der Waals surface area contributed by atoms with Crippen molar-refractivity contribution in [2.45, 2.75) is 51.4 Å². The Kier molecular flexibility index (Phi) is 14.9. The number of nitrogens with zero attached hydrogens (tertiary/aromatic N) is 16. The number of imidazole rings is 4. The maximum atomic E-state index is 5.14. The van der Waals surface area contributed by atoms with Gasteiger partial charge in [-0.1, -0.05) is 188 Å². The number of pyridine rings is 12. The minimum absolute atomic E-state index is 0.917. The second kappa shape index (κ2) is 27.7. The van der Waals surface area contributed by atoms with Crippen molar-refractivity contribution in [3.8, 4) is 89.0 Å². The first-order chi connectivity index (χ1) is 69.4. The minimum Gasteiger partial charge on any atom is -0.290 e. The predicted molar refractivity (Wildman–Crippen MR) is 559 cm³/mol. The molecule has 0 unspecified atom stereocenters. The van der Waals surface area contributed by atoms with Crippen LogP contribution < -0.4 is 0 Å². The van der Waals surface area contributed by atoms with Crippen LogP contribution >= 0.6 is 0 Å². The van der Waals surface area contributed by atoms with Crippen molar-refractivity contribution in [3.63, 3.8) is 0 Å². The third-order valence-electron chi connectivity index (χ3n) is 32.1. The van der Waals surface area contributed by atoms with E-state index in [0.29, 0.717) is 0 Å². The highest BCUT2D eigenvalue weighted by molar-refractivity contribution is 6.22. The monoisotopic (exact) mass is 1780 g/mol. The molecule has 8 aliphatic carbocycles. The molecule has 0 aliphatic heterocycles. The molecule has 0 fully saturated rings. The van der Waals surface area contributed by atoms with E-state index in [4.69, 9.17) is 19.9 Å². The SMILES string of the molecule is c1ccc2c(c1)Cc1c-2ccc2c1-c1ccc3c4cnccc4n4c5cnccc5nc4c3c1C2.c1ccc2c(c1)Cc1c-2ccc2c1Cc1c-2ccc2c3cnccc3n3c4cnccc4nc3c12.c1ccc2c(c1)Cc1cc3c(cc1-2)-c1ccc2c4cnccc4n4c5cnccc5nc4c2c1C3.c1ccc2c(c1)Cc1ccc3c(c1-2)-c1ccc2c4cnccc4n4c5cnccc5nc4c2c1C3.